The Morgan fingerprint density at radius 3 is 2.67 bits per heavy atom. The van der Waals surface area contributed by atoms with Crippen molar-refractivity contribution >= 4 is 39.3 Å². The monoisotopic (exact) mass is 406 g/mol. The zero-order chi connectivity index (χ0) is 17.4. The number of carbonyl (C=O) groups excluding carboxylic acids is 1. The fourth-order valence-corrected chi connectivity index (χ4v) is 3.29. The van der Waals surface area contributed by atoms with E-state index in [2.05, 4.69) is 38.6 Å². The molecule has 0 aliphatic heterocycles. The molecule has 126 valence electrons. The van der Waals surface area contributed by atoms with Gasteiger partial charge in [0.1, 0.15) is 5.75 Å². The predicted molar refractivity (Wildman–Crippen MR) is 104 cm³/mol. The van der Waals surface area contributed by atoms with E-state index in [0.29, 0.717) is 5.75 Å². The molecular weight excluding hydrogens is 388 g/mol. The summed E-state index contributed by atoms with van der Waals surface area (Å²) in [5, 5.41) is 4.16. The van der Waals surface area contributed by atoms with Gasteiger partial charge in [0.2, 0.25) is 5.91 Å². The van der Waals surface area contributed by atoms with Crippen LogP contribution in [0.5, 0.6) is 5.75 Å². The van der Waals surface area contributed by atoms with Crippen LogP contribution in [0.4, 0.5) is 0 Å². The van der Waals surface area contributed by atoms with Crippen molar-refractivity contribution < 1.29 is 9.53 Å². The Labute approximate surface area is 154 Å². The van der Waals surface area contributed by atoms with Gasteiger partial charge in [0, 0.05) is 5.75 Å². The first-order valence-corrected chi connectivity index (χ1v) is 9.33. The molecule has 1 N–H and O–H groups in total. The molecule has 0 radical (unpaired) electrons. The number of carbonyl (C=O) groups is 1. The number of halogens is 1. The molecule has 0 aliphatic rings. The molecule has 0 fully saturated rings. The lowest BCUT2D eigenvalue weighted by Crippen LogP contribution is -2.21. The number of hydrogen-bond acceptors (Lipinski definition) is 4. The van der Waals surface area contributed by atoms with Crippen LogP contribution in [0.2, 0.25) is 0 Å². The van der Waals surface area contributed by atoms with Gasteiger partial charge in [-0.15, -0.1) is 11.8 Å². The number of benzene rings is 2. The quantitative estimate of drug-likeness (QED) is 0.552. The first-order chi connectivity index (χ1) is 11.6. The molecule has 0 aliphatic carbocycles. The summed E-state index contributed by atoms with van der Waals surface area (Å²) >= 11 is 5.01. The summed E-state index contributed by atoms with van der Waals surface area (Å²) in [7, 11) is 1.62. The van der Waals surface area contributed by atoms with Gasteiger partial charge in [0.15, 0.2) is 0 Å². The molecule has 24 heavy (non-hydrogen) atoms. The summed E-state index contributed by atoms with van der Waals surface area (Å²) in [6, 6.07) is 15.7. The van der Waals surface area contributed by atoms with Crippen molar-refractivity contribution in [3.63, 3.8) is 0 Å². The standard InChI is InChI=1S/C18H19BrN2O2S/c1-13(15-8-9-17(23-2)16(19)10-15)20-21-18(22)12-24-11-14-6-4-3-5-7-14/h3-10H,11-12H2,1-2H3,(H,21,22)/b20-13-. The van der Waals surface area contributed by atoms with E-state index < -0.39 is 0 Å². The van der Waals surface area contributed by atoms with E-state index in [1.165, 1.54) is 5.56 Å². The van der Waals surface area contributed by atoms with Gasteiger partial charge < -0.3 is 4.74 Å². The lowest BCUT2D eigenvalue weighted by molar-refractivity contribution is -0.118. The average molecular weight is 407 g/mol. The van der Waals surface area contributed by atoms with Crippen molar-refractivity contribution in [1.82, 2.24) is 5.43 Å². The molecule has 0 unspecified atom stereocenters. The molecule has 2 aromatic carbocycles. The molecule has 0 bridgehead atoms. The molecule has 0 saturated carbocycles. The minimum Gasteiger partial charge on any atom is -0.496 e. The third-order valence-corrected chi connectivity index (χ3v) is 4.89. The smallest absolute Gasteiger partial charge is 0.250 e. The van der Waals surface area contributed by atoms with Crippen LogP contribution in [0, 0.1) is 0 Å². The highest BCUT2D eigenvalue weighted by molar-refractivity contribution is 9.10. The number of amides is 1. The zero-order valence-corrected chi connectivity index (χ0v) is 16.0. The van der Waals surface area contributed by atoms with Crippen molar-refractivity contribution in [2.24, 2.45) is 5.10 Å². The summed E-state index contributed by atoms with van der Waals surface area (Å²) in [5.74, 6) is 1.83. The van der Waals surface area contributed by atoms with E-state index in [1.54, 1.807) is 18.9 Å². The van der Waals surface area contributed by atoms with Gasteiger partial charge in [0.05, 0.1) is 23.0 Å². The van der Waals surface area contributed by atoms with E-state index in [1.807, 2.05) is 43.3 Å². The second-order valence-corrected chi connectivity index (χ2v) is 6.90. The van der Waals surface area contributed by atoms with Crippen molar-refractivity contribution in [1.29, 1.82) is 0 Å². The number of thioether (sulfide) groups is 1. The summed E-state index contributed by atoms with van der Waals surface area (Å²) in [5.41, 5.74) is 5.46. The third kappa shape index (κ3) is 5.69. The molecule has 4 nitrogen and oxygen atoms in total. The Balaban J connectivity index is 1.83. The van der Waals surface area contributed by atoms with E-state index in [9.17, 15) is 4.79 Å². The lowest BCUT2D eigenvalue weighted by Gasteiger charge is -2.06. The Morgan fingerprint density at radius 2 is 2.00 bits per heavy atom. The molecule has 2 aromatic rings. The number of ether oxygens (including phenoxy) is 1. The van der Waals surface area contributed by atoms with Gasteiger partial charge in [-0.05, 0) is 52.2 Å². The number of nitrogens with one attached hydrogen (secondary N) is 1. The fourth-order valence-electron chi connectivity index (χ4n) is 1.97. The first-order valence-electron chi connectivity index (χ1n) is 7.39. The molecule has 0 atom stereocenters. The van der Waals surface area contributed by atoms with Crippen LogP contribution in [-0.4, -0.2) is 24.5 Å². The Morgan fingerprint density at radius 1 is 1.25 bits per heavy atom. The Kier molecular flexibility index (Phi) is 7.34. The van der Waals surface area contributed by atoms with Gasteiger partial charge in [-0.3, -0.25) is 4.79 Å². The Bertz CT molecular complexity index is 720. The average Bonchev–Trinajstić information content (AvgIpc) is 2.60. The summed E-state index contributed by atoms with van der Waals surface area (Å²) in [4.78, 5) is 11.9. The first kappa shape index (κ1) is 18.5. The van der Waals surface area contributed by atoms with E-state index in [-0.39, 0.29) is 5.91 Å². The van der Waals surface area contributed by atoms with Crippen LogP contribution in [0.1, 0.15) is 18.1 Å². The molecule has 6 heteroatoms. The maximum atomic E-state index is 11.9. The largest absolute Gasteiger partial charge is 0.496 e. The van der Waals surface area contributed by atoms with Gasteiger partial charge in [-0.2, -0.15) is 5.10 Å². The molecule has 1 amide bonds. The van der Waals surface area contributed by atoms with Crippen LogP contribution in [0.15, 0.2) is 58.1 Å². The fraction of sp³-hybridized carbons (Fsp3) is 0.222. The molecule has 0 heterocycles. The van der Waals surface area contributed by atoms with Crippen molar-refractivity contribution in [2.75, 3.05) is 12.9 Å². The number of hydrogen-bond donors (Lipinski definition) is 1. The van der Waals surface area contributed by atoms with Crippen molar-refractivity contribution in [3.8, 4) is 5.75 Å². The highest BCUT2D eigenvalue weighted by Gasteiger charge is 2.05. The van der Waals surface area contributed by atoms with Crippen LogP contribution in [0.25, 0.3) is 0 Å². The maximum Gasteiger partial charge on any atom is 0.250 e. The normalized spacial score (nSPS) is 11.2. The number of nitrogens with zero attached hydrogens (tertiary/aromatic N) is 1. The van der Waals surface area contributed by atoms with E-state index in [0.717, 1.165) is 27.3 Å². The topological polar surface area (TPSA) is 50.7 Å². The van der Waals surface area contributed by atoms with Crippen molar-refractivity contribution in [2.45, 2.75) is 12.7 Å². The summed E-state index contributed by atoms with van der Waals surface area (Å²) in [6.45, 7) is 1.85. The molecule has 0 saturated heterocycles. The highest BCUT2D eigenvalue weighted by Crippen LogP contribution is 2.25. The van der Waals surface area contributed by atoms with Gasteiger partial charge in [-0.1, -0.05) is 30.3 Å². The summed E-state index contributed by atoms with van der Waals surface area (Å²) < 4.78 is 6.05. The van der Waals surface area contributed by atoms with Crippen LogP contribution < -0.4 is 10.2 Å². The predicted octanol–water partition coefficient (Wildman–Crippen LogP) is 4.23. The number of methoxy groups -OCH3 is 1. The number of rotatable bonds is 7. The van der Waals surface area contributed by atoms with Crippen LogP contribution >= 0.6 is 27.7 Å². The summed E-state index contributed by atoms with van der Waals surface area (Å²) in [6.07, 6.45) is 0. The van der Waals surface area contributed by atoms with Crippen LogP contribution in [-0.2, 0) is 10.5 Å². The third-order valence-electron chi connectivity index (χ3n) is 3.26. The lowest BCUT2D eigenvalue weighted by atomic mass is 10.1. The molecule has 0 spiro atoms. The number of hydrazone groups is 1. The SMILES string of the molecule is COc1ccc(/C(C)=N\NC(=O)CSCc2ccccc2)cc1Br. The van der Waals surface area contributed by atoms with E-state index in [4.69, 9.17) is 4.74 Å². The van der Waals surface area contributed by atoms with Crippen LogP contribution in [0.3, 0.4) is 0 Å². The molecular formula is C18H19BrN2O2S. The maximum absolute atomic E-state index is 11.9. The minimum atomic E-state index is -0.108. The second-order valence-electron chi connectivity index (χ2n) is 5.06. The highest BCUT2D eigenvalue weighted by atomic mass is 79.9. The molecule has 2 rings (SSSR count). The van der Waals surface area contributed by atoms with Gasteiger partial charge >= 0.3 is 0 Å². The van der Waals surface area contributed by atoms with Crippen molar-refractivity contribution in [3.05, 3.63) is 64.1 Å². The van der Waals surface area contributed by atoms with Gasteiger partial charge in [-0.25, -0.2) is 5.43 Å². The minimum absolute atomic E-state index is 0.108. The van der Waals surface area contributed by atoms with Gasteiger partial charge in [0.25, 0.3) is 0 Å². The Hall–Kier alpha value is -1.79. The zero-order valence-electron chi connectivity index (χ0n) is 13.6. The van der Waals surface area contributed by atoms with E-state index >= 15 is 0 Å². The second kappa shape index (κ2) is 9.49. The molecule has 0 aromatic heterocycles.